The molecular weight excluding hydrogens is 408 g/mol. The summed E-state index contributed by atoms with van der Waals surface area (Å²) < 4.78 is 22.8. The second-order valence-corrected chi connectivity index (χ2v) is 7.65. The van der Waals surface area contributed by atoms with E-state index in [0.29, 0.717) is 29.2 Å². The Balaban J connectivity index is 1.62. The highest BCUT2D eigenvalue weighted by molar-refractivity contribution is 6.04. The zero-order valence-electron chi connectivity index (χ0n) is 18.1. The molecule has 5 rings (SSSR count). The highest BCUT2D eigenvalue weighted by Gasteiger charge is 2.42. The molecule has 0 saturated heterocycles. The molecule has 7 nitrogen and oxygen atoms in total. The number of hydrogen-bond acceptors (Lipinski definition) is 7. The maximum Gasteiger partial charge on any atom is 0.217 e. The van der Waals surface area contributed by atoms with E-state index < -0.39 is 6.23 Å². The second-order valence-electron chi connectivity index (χ2n) is 7.65. The molecule has 0 bridgehead atoms. The average molecular weight is 432 g/mol. The largest absolute Gasteiger partial charge is 0.507 e. The van der Waals surface area contributed by atoms with E-state index in [1.807, 2.05) is 47.5 Å². The Bertz CT molecular complexity index is 1190. The van der Waals surface area contributed by atoms with Gasteiger partial charge in [-0.05, 0) is 36.4 Å². The minimum atomic E-state index is -0.499. The van der Waals surface area contributed by atoms with Gasteiger partial charge in [0.15, 0.2) is 0 Å². The van der Waals surface area contributed by atoms with Gasteiger partial charge in [-0.2, -0.15) is 5.10 Å². The van der Waals surface area contributed by atoms with Gasteiger partial charge in [-0.15, -0.1) is 0 Å². The predicted octanol–water partition coefficient (Wildman–Crippen LogP) is 4.66. The molecule has 32 heavy (non-hydrogen) atoms. The molecule has 0 saturated carbocycles. The fourth-order valence-electron chi connectivity index (χ4n) is 4.30. The molecule has 2 aliphatic heterocycles. The first-order valence-electron chi connectivity index (χ1n) is 10.3. The summed E-state index contributed by atoms with van der Waals surface area (Å²) >= 11 is 0. The van der Waals surface area contributed by atoms with E-state index in [4.69, 9.17) is 24.0 Å². The van der Waals surface area contributed by atoms with E-state index in [1.54, 1.807) is 33.5 Å². The van der Waals surface area contributed by atoms with E-state index in [-0.39, 0.29) is 11.8 Å². The van der Waals surface area contributed by atoms with E-state index in [1.165, 1.54) is 0 Å². The summed E-state index contributed by atoms with van der Waals surface area (Å²) in [5.74, 6) is 2.99. The van der Waals surface area contributed by atoms with Crippen LogP contribution in [-0.4, -0.2) is 37.2 Å². The number of fused-ring (bicyclic) bond motifs is 3. The SMILES string of the molecule is COc1ccc([C@@H]2Oc3ccccc3[C@@H]3CC(c4cc(OC)ccc4O)=NN32)c(OC)c1. The molecule has 7 heteroatoms. The monoisotopic (exact) mass is 432 g/mol. The smallest absolute Gasteiger partial charge is 0.217 e. The lowest BCUT2D eigenvalue weighted by Gasteiger charge is -2.38. The van der Waals surface area contributed by atoms with Crippen LogP contribution in [0.3, 0.4) is 0 Å². The van der Waals surface area contributed by atoms with E-state index in [9.17, 15) is 5.11 Å². The quantitative estimate of drug-likeness (QED) is 0.632. The Hall–Kier alpha value is -3.87. The molecule has 0 radical (unpaired) electrons. The maximum absolute atomic E-state index is 10.5. The van der Waals surface area contributed by atoms with E-state index >= 15 is 0 Å². The Labute approximate surface area is 186 Å². The minimum absolute atomic E-state index is 0.0441. The van der Waals surface area contributed by atoms with Crippen molar-refractivity contribution in [3.05, 3.63) is 77.4 Å². The van der Waals surface area contributed by atoms with Crippen molar-refractivity contribution in [2.45, 2.75) is 18.7 Å². The van der Waals surface area contributed by atoms with Gasteiger partial charge in [-0.25, -0.2) is 5.01 Å². The first kappa shape index (κ1) is 20.1. The number of benzene rings is 3. The molecule has 2 atom stereocenters. The first-order chi connectivity index (χ1) is 15.6. The molecule has 3 aromatic rings. The number of aromatic hydroxyl groups is 1. The number of phenolic OH excluding ortho intramolecular Hbond substituents is 1. The third kappa shape index (κ3) is 3.26. The van der Waals surface area contributed by atoms with Crippen LogP contribution in [0.15, 0.2) is 65.8 Å². The molecule has 0 aromatic heterocycles. The summed E-state index contributed by atoms with van der Waals surface area (Å²) in [6.45, 7) is 0. The van der Waals surface area contributed by atoms with Crippen LogP contribution in [0, 0.1) is 0 Å². The van der Waals surface area contributed by atoms with Crippen LogP contribution in [0.5, 0.6) is 28.7 Å². The number of hydrazone groups is 1. The molecular formula is C25H24N2O5. The van der Waals surface area contributed by atoms with Crippen LogP contribution in [0.4, 0.5) is 0 Å². The zero-order valence-corrected chi connectivity index (χ0v) is 18.1. The van der Waals surface area contributed by atoms with E-state index in [2.05, 4.69) is 6.07 Å². The molecule has 0 aliphatic carbocycles. The van der Waals surface area contributed by atoms with Crippen molar-refractivity contribution >= 4 is 5.71 Å². The summed E-state index contributed by atoms with van der Waals surface area (Å²) in [5.41, 5.74) is 3.31. The molecule has 0 fully saturated rings. The van der Waals surface area contributed by atoms with Crippen LogP contribution < -0.4 is 18.9 Å². The summed E-state index contributed by atoms with van der Waals surface area (Å²) in [4.78, 5) is 0. The number of ether oxygens (including phenoxy) is 4. The van der Waals surface area contributed by atoms with Crippen molar-refractivity contribution < 1.29 is 24.1 Å². The highest BCUT2D eigenvalue weighted by atomic mass is 16.5. The minimum Gasteiger partial charge on any atom is -0.507 e. The number of hydrogen-bond donors (Lipinski definition) is 1. The Morgan fingerprint density at radius 1 is 0.906 bits per heavy atom. The van der Waals surface area contributed by atoms with Crippen LogP contribution in [-0.2, 0) is 0 Å². The topological polar surface area (TPSA) is 72.8 Å². The maximum atomic E-state index is 10.5. The number of phenols is 1. The number of methoxy groups -OCH3 is 3. The first-order valence-corrected chi connectivity index (χ1v) is 10.3. The molecule has 0 amide bonds. The van der Waals surface area contributed by atoms with E-state index in [0.717, 1.165) is 22.6 Å². The summed E-state index contributed by atoms with van der Waals surface area (Å²) in [5, 5.41) is 17.4. The third-order valence-corrected chi connectivity index (χ3v) is 5.92. The van der Waals surface area contributed by atoms with Crippen molar-refractivity contribution in [2.24, 2.45) is 5.10 Å². The van der Waals surface area contributed by atoms with Gasteiger partial charge < -0.3 is 24.1 Å². The number of rotatable bonds is 5. The zero-order chi connectivity index (χ0) is 22.2. The molecule has 1 N–H and O–H groups in total. The van der Waals surface area contributed by atoms with Crippen molar-refractivity contribution in [1.29, 1.82) is 0 Å². The summed E-state index contributed by atoms with van der Waals surface area (Å²) in [6.07, 6.45) is 0.122. The van der Waals surface area contributed by atoms with Crippen molar-refractivity contribution in [1.82, 2.24) is 5.01 Å². The summed E-state index contributed by atoms with van der Waals surface area (Å²) in [7, 11) is 4.85. The Kier molecular flexibility index (Phi) is 5.01. The standard InChI is InChI=1S/C25H24N2O5/c1-29-15-9-11-22(28)19(12-15)20-14-21-17-6-4-5-7-23(17)32-25(27(21)26-20)18-10-8-16(30-2)13-24(18)31-3/h4-13,21,25,28H,14H2,1-3H3/t21-,25-/m0/s1. The van der Waals surface area contributed by atoms with Crippen molar-refractivity contribution in [2.75, 3.05) is 21.3 Å². The molecule has 0 unspecified atom stereocenters. The summed E-state index contributed by atoms with van der Waals surface area (Å²) in [6, 6.07) is 18.7. The predicted molar refractivity (Wildman–Crippen MR) is 120 cm³/mol. The fraction of sp³-hybridized carbons (Fsp3) is 0.240. The van der Waals surface area contributed by atoms with Gasteiger partial charge in [-0.1, -0.05) is 18.2 Å². The van der Waals surface area contributed by atoms with Gasteiger partial charge in [0.05, 0.1) is 38.6 Å². The Morgan fingerprint density at radius 2 is 1.66 bits per heavy atom. The lowest BCUT2D eigenvalue weighted by Crippen LogP contribution is -2.33. The third-order valence-electron chi connectivity index (χ3n) is 5.92. The lowest BCUT2D eigenvalue weighted by molar-refractivity contribution is -0.0203. The normalized spacial score (nSPS) is 18.8. The van der Waals surface area contributed by atoms with Gasteiger partial charge in [0.2, 0.25) is 6.23 Å². The highest BCUT2D eigenvalue weighted by Crippen LogP contribution is 2.49. The van der Waals surface area contributed by atoms with Crippen LogP contribution >= 0.6 is 0 Å². The van der Waals surface area contributed by atoms with Crippen LogP contribution in [0.25, 0.3) is 0 Å². The van der Waals surface area contributed by atoms with Crippen LogP contribution in [0.1, 0.15) is 35.4 Å². The second kappa shape index (κ2) is 8.00. The Morgan fingerprint density at radius 3 is 2.44 bits per heavy atom. The lowest BCUT2D eigenvalue weighted by atomic mass is 9.95. The van der Waals surface area contributed by atoms with Gasteiger partial charge in [0.1, 0.15) is 28.7 Å². The van der Waals surface area contributed by atoms with Crippen LogP contribution in [0.2, 0.25) is 0 Å². The van der Waals surface area contributed by atoms with Gasteiger partial charge in [0, 0.05) is 23.6 Å². The molecule has 0 spiro atoms. The number of nitrogens with zero attached hydrogens (tertiary/aromatic N) is 2. The van der Waals surface area contributed by atoms with Crippen molar-refractivity contribution in [3.8, 4) is 28.7 Å². The van der Waals surface area contributed by atoms with Gasteiger partial charge >= 0.3 is 0 Å². The molecule has 164 valence electrons. The average Bonchev–Trinajstić information content (AvgIpc) is 3.29. The van der Waals surface area contributed by atoms with Crippen molar-refractivity contribution in [3.63, 3.8) is 0 Å². The molecule has 3 aromatic carbocycles. The van der Waals surface area contributed by atoms with Gasteiger partial charge in [0.25, 0.3) is 0 Å². The number of para-hydroxylation sites is 1. The fourth-order valence-corrected chi connectivity index (χ4v) is 4.30. The van der Waals surface area contributed by atoms with Gasteiger partial charge in [-0.3, -0.25) is 0 Å². The molecule has 2 heterocycles. The molecule has 2 aliphatic rings.